The number of sulfonamides is 1. The maximum absolute atomic E-state index is 13.0. The van der Waals surface area contributed by atoms with Gasteiger partial charge in [-0.05, 0) is 46.8 Å². The summed E-state index contributed by atoms with van der Waals surface area (Å²) in [5, 5.41) is 7.93. The van der Waals surface area contributed by atoms with E-state index in [9.17, 15) is 18.0 Å². The summed E-state index contributed by atoms with van der Waals surface area (Å²) >= 11 is 0. The third kappa shape index (κ3) is 5.73. The monoisotopic (exact) mass is 588 g/mol. The van der Waals surface area contributed by atoms with Gasteiger partial charge in [-0.15, -0.1) is 0 Å². The fourth-order valence-corrected chi connectivity index (χ4v) is 6.27. The standard InChI is InChI=1S/C25H32N8O7S/c1-6-26-22(34)18-17-19(40-25(4,5)39-17)23(38-18)33-12-29-16-20(27-11-28-21(16)33)31-24(35)30-14-9-7-8-10-15(14)41(36,37)32-13(2)3/h7-13,17-19,23,32H,6H2,1-5H3,(H,26,34)(H2,27,28,30,31,35)/t17?,18-,19?,23+/m0/s1. The van der Waals surface area contributed by atoms with Crippen LogP contribution in [0, 0.1) is 0 Å². The van der Waals surface area contributed by atoms with Gasteiger partial charge in [0.15, 0.2) is 35.1 Å². The summed E-state index contributed by atoms with van der Waals surface area (Å²) in [7, 11) is -3.88. The number of hydrogen-bond acceptors (Lipinski definition) is 10. The molecule has 5 rings (SSSR count). The van der Waals surface area contributed by atoms with Crippen LogP contribution in [0.15, 0.2) is 41.8 Å². The van der Waals surface area contributed by atoms with Crippen molar-refractivity contribution in [3.05, 3.63) is 36.9 Å². The van der Waals surface area contributed by atoms with E-state index in [0.717, 1.165) is 0 Å². The van der Waals surface area contributed by atoms with E-state index >= 15 is 0 Å². The molecule has 220 valence electrons. The summed E-state index contributed by atoms with van der Waals surface area (Å²) in [6, 6.07) is 4.95. The van der Waals surface area contributed by atoms with Gasteiger partial charge in [0.25, 0.3) is 5.91 Å². The number of imidazole rings is 1. The van der Waals surface area contributed by atoms with Gasteiger partial charge < -0.3 is 24.8 Å². The number of carbonyl (C=O) groups is 2. The van der Waals surface area contributed by atoms with Gasteiger partial charge in [0.1, 0.15) is 23.4 Å². The number of anilines is 2. The number of aromatic nitrogens is 4. The maximum atomic E-state index is 13.0. The number of ether oxygens (including phenoxy) is 3. The third-order valence-corrected chi connectivity index (χ3v) is 8.04. The largest absolute Gasteiger partial charge is 0.354 e. The molecule has 0 aliphatic carbocycles. The number of rotatable bonds is 8. The van der Waals surface area contributed by atoms with Crippen LogP contribution in [0.3, 0.4) is 0 Å². The molecule has 15 nitrogen and oxygen atoms in total. The Kier molecular flexibility index (Phi) is 7.69. The number of para-hydroxylation sites is 1. The van der Waals surface area contributed by atoms with Gasteiger partial charge in [-0.25, -0.2) is 32.9 Å². The lowest BCUT2D eigenvalue weighted by Gasteiger charge is -2.24. The zero-order valence-electron chi connectivity index (χ0n) is 23.1. The Labute approximate surface area is 236 Å². The van der Waals surface area contributed by atoms with E-state index in [1.54, 1.807) is 44.4 Å². The summed E-state index contributed by atoms with van der Waals surface area (Å²) in [4.78, 5) is 38.4. The number of urea groups is 1. The molecule has 3 amide bonds. The van der Waals surface area contributed by atoms with Gasteiger partial charge in [0, 0.05) is 12.6 Å². The highest BCUT2D eigenvalue weighted by Crippen LogP contribution is 2.44. The van der Waals surface area contributed by atoms with Crippen molar-refractivity contribution in [3.8, 4) is 0 Å². The third-order valence-electron chi connectivity index (χ3n) is 6.32. The fraction of sp³-hybridized carbons (Fsp3) is 0.480. The first kappa shape index (κ1) is 28.8. The van der Waals surface area contributed by atoms with Crippen LogP contribution in [-0.4, -0.2) is 76.6 Å². The lowest BCUT2D eigenvalue weighted by atomic mass is 10.1. The minimum absolute atomic E-state index is 0.0747. The molecule has 16 heteroatoms. The van der Waals surface area contributed by atoms with Crippen LogP contribution in [0.4, 0.5) is 16.3 Å². The molecular weight excluding hydrogens is 556 g/mol. The summed E-state index contributed by atoms with van der Waals surface area (Å²) in [6.07, 6.45) is -0.325. The highest BCUT2D eigenvalue weighted by molar-refractivity contribution is 7.89. The van der Waals surface area contributed by atoms with Crippen molar-refractivity contribution in [3.63, 3.8) is 0 Å². The normalized spacial score (nSPS) is 23.5. The Morgan fingerprint density at radius 3 is 2.54 bits per heavy atom. The van der Waals surface area contributed by atoms with E-state index in [1.165, 1.54) is 24.8 Å². The number of benzene rings is 1. The topological polar surface area (TPSA) is 188 Å². The van der Waals surface area contributed by atoms with Crippen LogP contribution < -0.4 is 20.7 Å². The molecule has 4 N–H and O–H groups in total. The van der Waals surface area contributed by atoms with Crippen LogP contribution >= 0.6 is 0 Å². The molecule has 1 aromatic carbocycles. The molecule has 4 heterocycles. The molecule has 0 saturated carbocycles. The number of nitrogens with zero attached hydrogens (tertiary/aromatic N) is 4. The molecule has 2 aliphatic rings. The van der Waals surface area contributed by atoms with Gasteiger partial charge in [0.2, 0.25) is 10.0 Å². The molecule has 2 fully saturated rings. The van der Waals surface area contributed by atoms with Crippen molar-refractivity contribution in [1.82, 2.24) is 29.6 Å². The van der Waals surface area contributed by atoms with Crippen molar-refractivity contribution in [2.24, 2.45) is 0 Å². The number of amides is 3. The molecule has 2 aromatic heterocycles. The second-order valence-corrected chi connectivity index (χ2v) is 12.0. The number of carbonyl (C=O) groups excluding carboxylic acids is 2. The highest BCUT2D eigenvalue weighted by Gasteiger charge is 2.58. The quantitative estimate of drug-likeness (QED) is 0.302. The van der Waals surface area contributed by atoms with E-state index in [1.807, 2.05) is 6.92 Å². The second kappa shape index (κ2) is 10.9. The van der Waals surface area contributed by atoms with E-state index in [2.05, 4.69) is 35.6 Å². The van der Waals surface area contributed by atoms with Crippen LogP contribution in [-0.2, 0) is 29.0 Å². The SMILES string of the molecule is CCNC(=O)[C@H]1O[C@@H](n2cnc3c(NC(=O)Nc4ccccc4S(=O)(=O)NC(C)C)ncnc32)C2OC(C)(C)OC21. The number of fused-ring (bicyclic) bond motifs is 2. The molecule has 4 atom stereocenters. The lowest BCUT2D eigenvalue weighted by Crippen LogP contribution is -2.42. The van der Waals surface area contributed by atoms with Gasteiger partial charge in [-0.3, -0.25) is 14.7 Å². The first-order valence-corrected chi connectivity index (χ1v) is 14.5. The molecule has 0 bridgehead atoms. The second-order valence-electron chi connectivity index (χ2n) is 10.3. The zero-order valence-corrected chi connectivity index (χ0v) is 23.9. The summed E-state index contributed by atoms with van der Waals surface area (Å²) in [5.74, 6) is -1.19. The highest BCUT2D eigenvalue weighted by atomic mass is 32.2. The van der Waals surface area contributed by atoms with E-state index in [0.29, 0.717) is 12.2 Å². The maximum Gasteiger partial charge on any atom is 0.324 e. The van der Waals surface area contributed by atoms with Crippen molar-refractivity contribution < 1.29 is 32.2 Å². The van der Waals surface area contributed by atoms with E-state index in [4.69, 9.17) is 14.2 Å². The van der Waals surface area contributed by atoms with Crippen molar-refractivity contribution in [1.29, 1.82) is 0 Å². The van der Waals surface area contributed by atoms with Crippen LogP contribution in [0.25, 0.3) is 11.2 Å². The van der Waals surface area contributed by atoms with Crippen LogP contribution in [0.2, 0.25) is 0 Å². The Bertz CT molecular complexity index is 1570. The van der Waals surface area contributed by atoms with Crippen LogP contribution in [0.1, 0.15) is 40.8 Å². The number of hydrogen-bond donors (Lipinski definition) is 4. The Hall–Kier alpha value is -3.70. The molecule has 0 radical (unpaired) electrons. The number of nitrogens with one attached hydrogen (secondary N) is 4. The van der Waals surface area contributed by atoms with Crippen molar-refractivity contribution >= 4 is 44.6 Å². The average Bonchev–Trinajstić information content (AvgIpc) is 3.54. The molecule has 3 aromatic rings. The van der Waals surface area contributed by atoms with Gasteiger partial charge in [0.05, 0.1) is 12.0 Å². The molecule has 0 spiro atoms. The minimum atomic E-state index is -3.88. The van der Waals surface area contributed by atoms with E-state index < -0.39 is 46.4 Å². The average molecular weight is 589 g/mol. The Morgan fingerprint density at radius 2 is 1.80 bits per heavy atom. The van der Waals surface area contributed by atoms with Crippen molar-refractivity contribution in [2.75, 3.05) is 17.2 Å². The predicted octanol–water partition coefficient (Wildman–Crippen LogP) is 1.71. The van der Waals surface area contributed by atoms with E-state index in [-0.39, 0.29) is 33.9 Å². The van der Waals surface area contributed by atoms with Gasteiger partial charge >= 0.3 is 6.03 Å². The van der Waals surface area contributed by atoms with Crippen molar-refractivity contribution in [2.45, 2.75) is 75.9 Å². The molecule has 2 saturated heterocycles. The lowest BCUT2D eigenvalue weighted by molar-refractivity contribution is -0.197. The number of likely N-dealkylation sites (N-methyl/N-ethyl adjacent to an activating group) is 1. The summed E-state index contributed by atoms with van der Waals surface area (Å²) in [5.41, 5.74) is 0.634. The molecule has 2 aliphatic heterocycles. The Balaban J connectivity index is 1.39. The summed E-state index contributed by atoms with van der Waals surface area (Å²) in [6.45, 7) is 9.14. The smallest absolute Gasteiger partial charge is 0.324 e. The molecule has 2 unspecified atom stereocenters. The first-order valence-electron chi connectivity index (χ1n) is 13.1. The fourth-order valence-electron chi connectivity index (χ4n) is 4.86. The first-order chi connectivity index (χ1) is 19.4. The van der Waals surface area contributed by atoms with Gasteiger partial charge in [-0.1, -0.05) is 12.1 Å². The Morgan fingerprint density at radius 1 is 1.07 bits per heavy atom. The van der Waals surface area contributed by atoms with Gasteiger partial charge in [-0.2, -0.15) is 0 Å². The molecular formula is C25H32N8O7S. The van der Waals surface area contributed by atoms with Crippen LogP contribution in [0.5, 0.6) is 0 Å². The zero-order chi connectivity index (χ0) is 29.5. The summed E-state index contributed by atoms with van der Waals surface area (Å²) < 4.78 is 47.8. The predicted molar refractivity (Wildman–Crippen MR) is 146 cm³/mol. The minimum Gasteiger partial charge on any atom is -0.354 e. The molecule has 41 heavy (non-hydrogen) atoms.